The zero-order valence-corrected chi connectivity index (χ0v) is 16.7. The molecule has 0 saturated carbocycles. The van der Waals surface area contributed by atoms with Crippen LogP contribution in [0, 0.1) is 22.0 Å². The fraction of sp³-hybridized carbons (Fsp3) is 0.500. The van der Waals surface area contributed by atoms with Crippen LogP contribution in [0.3, 0.4) is 0 Å². The van der Waals surface area contributed by atoms with E-state index in [0.29, 0.717) is 30.7 Å². The van der Waals surface area contributed by atoms with Gasteiger partial charge in [0.15, 0.2) is 0 Å². The second-order valence-corrected chi connectivity index (χ2v) is 7.62. The number of anilines is 2. The van der Waals surface area contributed by atoms with Crippen LogP contribution in [0.15, 0.2) is 36.7 Å². The summed E-state index contributed by atoms with van der Waals surface area (Å²) < 4.78 is 0. The van der Waals surface area contributed by atoms with Gasteiger partial charge in [-0.25, -0.2) is 9.97 Å². The van der Waals surface area contributed by atoms with Gasteiger partial charge in [-0.1, -0.05) is 58.0 Å². The lowest BCUT2D eigenvalue weighted by Gasteiger charge is -2.27. The van der Waals surface area contributed by atoms with Crippen molar-refractivity contribution >= 4 is 17.3 Å². The monoisotopic (exact) mass is 371 g/mol. The number of nitrogens with zero attached hydrogens (tertiary/aromatic N) is 4. The predicted molar refractivity (Wildman–Crippen MR) is 109 cm³/mol. The predicted octanol–water partition coefficient (Wildman–Crippen LogP) is 4.68. The first-order chi connectivity index (χ1) is 12.8. The second-order valence-electron chi connectivity index (χ2n) is 7.62. The average molecular weight is 371 g/mol. The van der Waals surface area contributed by atoms with Crippen molar-refractivity contribution in [1.82, 2.24) is 9.97 Å². The fourth-order valence-corrected chi connectivity index (χ4v) is 3.03. The van der Waals surface area contributed by atoms with E-state index in [1.54, 1.807) is 0 Å². The molecule has 2 rings (SSSR count). The molecule has 1 aromatic carbocycles. The molecule has 0 spiro atoms. The van der Waals surface area contributed by atoms with Crippen molar-refractivity contribution in [2.75, 3.05) is 23.3 Å². The van der Waals surface area contributed by atoms with Gasteiger partial charge in [-0.2, -0.15) is 0 Å². The van der Waals surface area contributed by atoms with Gasteiger partial charge >= 0.3 is 5.69 Å². The minimum Gasteiger partial charge on any atom is -0.358 e. The summed E-state index contributed by atoms with van der Waals surface area (Å²) >= 11 is 0. The van der Waals surface area contributed by atoms with Crippen LogP contribution in [-0.2, 0) is 0 Å². The number of hydrogen-bond donors (Lipinski definition) is 1. The third-order valence-corrected chi connectivity index (χ3v) is 4.11. The highest BCUT2D eigenvalue weighted by atomic mass is 16.6. The molecule has 0 saturated heterocycles. The molecule has 7 nitrogen and oxygen atoms in total. The number of nitro groups is 1. The maximum atomic E-state index is 11.9. The zero-order chi connectivity index (χ0) is 20.0. The molecule has 0 radical (unpaired) electrons. The molecule has 1 unspecified atom stereocenters. The van der Waals surface area contributed by atoms with Crippen LogP contribution in [0.25, 0.3) is 0 Å². The summed E-state index contributed by atoms with van der Waals surface area (Å²) in [5.74, 6) is 1.34. The summed E-state index contributed by atoms with van der Waals surface area (Å²) in [5.41, 5.74) is 0.967. The Hall–Kier alpha value is -2.70. The lowest BCUT2D eigenvalue weighted by molar-refractivity contribution is -0.383. The van der Waals surface area contributed by atoms with E-state index in [9.17, 15) is 10.1 Å². The third-order valence-electron chi connectivity index (χ3n) is 4.11. The summed E-state index contributed by atoms with van der Waals surface area (Å²) in [5, 5.41) is 15.1. The summed E-state index contributed by atoms with van der Waals surface area (Å²) in [4.78, 5) is 22.0. The van der Waals surface area contributed by atoms with E-state index in [2.05, 4.69) is 43.0 Å². The minimum absolute atomic E-state index is 0.0680. The Bertz CT molecular complexity index is 739. The van der Waals surface area contributed by atoms with Gasteiger partial charge in [0.1, 0.15) is 6.33 Å². The van der Waals surface area contributed by atoms with E-state index in [4.69, 9.17) is 0 Å². The molecular formula is C20H29N5O2. The van der Waals surface area contributed by atoms with Crippen molar-refractivity contribution in [1.29, 1.82) is 0 Å². The third kappa shape index (κ3) is 5.64. The Morgan fingerprint density at radius 2 is 1.63 bits per heavy atom. The van der Waals surface area contributed by atoms with Crippen LogP contribution < -0.4 is 10.2 Å². The Morgan fingerprint density at radius 3 is 2.15 bits per heavy atom. The second kappa shape index (κ2) is 9.30. The van der Waals surface area contributed by atoms with Gasteiger partial charge in [-0.3, -0.25) is 10.1 Å². The lowest BCUT2D eigenvalue weighted by Crippen LogP contribution is -2.33. The average Bonchev–Trinajstić information content (AvgIpc) is 2.60. The quantitative estimate of drug-likeness (QED) is 0.509. The molecule has 0 bridgehead atoms. The molecule has 1 atom stereocenters. The van der Waals surface area contributed by atoms with Crippen LogP contribution in [0.1, 0.15) is 46.2 Å². The highest BCUT2D eigenvalue weighted by Crippen LogP contribution is 2.34. The molecule has 1 aromatic heterocycles. The maximum Gasteiger partial charge on any atom is 0.353 e. The van der Waals surface area contributed by atoms with Gasteiger partial charge < -0.3 is 10.2 Å². The van der Waals surface area contributed by atoms with Gasteiger partial charge in [-0.15, -0.1) is 0 Å². The fourth-order valence-electron chi connectivity index (χ4n) is 3.03. The molecule has 1 heterocycles. The van der Waals surface area contributed by atoms with Crippen LogP contribution >= 0.6 is 0 Å². The van der Waals surface area contributed by atoms with Crippen LogP contribution in [0.5, 0.6) is 0 Å². The molecule has 27 heavy (non-hydrogen) atoms. The molecule has 0 aliphatic heterocycles. The van der Waals surface area contributed by atoms with Gasteiger partial charge in [0.2, 0.25) is 11.6 Å². The van der Waals surface area contributed by atoms with Gasteiger partial charge in [-0.05, 0) is 24.3 Å². The zero-order valence-electron chi connectivity index (χ0n) is 16.7. The first kappa shape index (κ1) is 20.6. The highest BCUT2D eigenvalue weighted by Gasteiger charge is 2.28. The number of nitrogens with one attached hydrogen (secondary N) is 1. The van der Waals surface area contributed by atoms with E-state index in [1.165, 1.54) is 6.33 Å². The molecule has 0 fully saturated rings. The normalized spacial score (nSPS) is 12.3. The summed E-state index contributed by atoms with van der Waals surface area (Å²) in [6.07, 6.45) is 1.40. The van der Waals surface area contributed by atoms with E-state index >= 15 is 0 Å². The minimum atomic E-state index is -0.386. The van der Waals surface area contributed by atoms with Gasteiger partial charge in [0.25, 0.3) is 0 Å². The number of aromatic nitrogens is 2. The Labute approximate surface area is 161 Å². The van der Waals surface area contributed by atoms with Crippen molar-refractivity contribution in [2.24, 2.45) is 11.8 Å². The van der Waals surface area contributed by atoms with Crippen LogP contribution in [0.2, 0.25) is 0 Å². The molecular weight excluding hydrogens is 342 g/mol. The molecule has 2 aromatic rings. The van der Waals surface area contributed by atoms with E-state index in [1.807, 2.05) is 42.2 Å². The number of hydrogen-bond acceptors (Lipinski definition) is 6. The topological polar surface area (TPSA) is 84.2 Å². The summed E-state index contributed by atoms with van der Waals surface area (Å²) in [6, 6.07) is 9.68. The van der Waals surface area contributed by atoms with Crippen molar-refractivity contribution < 1.29 is 4.92 Å². The SMILES string of the molecule is CC(C)CN(CC(C)C)c1ncnc(NC(C)c2ccccc2)c1[N+](=O)[O-]. The maximum absolute atomic E-state index is 11.9. The molecule has 0 amide bonds. The van der Waals surface area contributed by atoms with E-state index in [0.717, 1.165) is 5.56 Å². The summed E-state index contributed by atoms with van der Waals surface area (Å²) in [7, 11) is 0. The van der Waals surface area contributed by atoms with E-state index in [-0.39, 0.29) is 22.5 Å². The van der Waals surface area contributed by atoms with Gasteiger partial charge in [0.05, 0.1) is 11.0 Å². The smallest absolute Gasteiger partial charge is 0.353 e. The van der Waals surface area contributed by atoms with Crippen molar-refractivity contribution in [2.45, 2.75) is 40.7 Å². The lowest BCUT2D eigenvalue weighted by atomic mass is 10.1. The van der Waals surface area contributed by atoms with E-state index < -0.39 is 0 Å². The number of benzene rings is 1. The van der Waals surface area contributed by atoms with Gasteiger partial charge in [0, 0.05) is 13.1 Å². The van der Waals surface area contributed by atoms with Crippen molar-refractivity contribution in [3.05, 3.63) is 52.3 Å². The molecule has 146 valence electrons. The molecule has 7 heteroatoms. The largest absolute Gasteiger partial charge is 0.358 e. The Kier molecular flexibility index (Phi) is 7.10. The molecule has 0 aliphatic carbocycles. The first-order valence-electron chi connectivity index (χ1n) is 9.35. The number of rotatable bonds is 9. The molecule has 0 aliphatic rings. The Morgan fingerprint density at radius 1 is 1.04 bits per heavy atom. The van der Waals surface area contributed by atoms with Crippen LogP contribution in [-0.4, -0.2) is 28.0 Å². The Balaban J connectivity index is 2.41. The summed E-state index contributed by atoms with van der Waals surface area (Å²) in [6.45, 7) is 11.7. The van der Waals surface area contributed by atoms with Crippen molar-refractivity contribution in [3.63, 3.8) is 0 Å². The highest BCUT2D eigenvalue weighted by molar-refractivity contribution is 5.70. The first-order valence-corrected chi connectivity index (χ1v) is 9.35. The van der Waals surface area contributed by atoms with Crippen molar-refractivity contribution in [3.8, 4) is 0 Å². The van der Waals surface area contributed by atoms with Crippen LogP contribution in [0.4, 0.5) is 17.3 Å². The molecule has 1 N–H and O–H groups in total. The standard InChI is InChI=1S/C20H29N5O2/c1-14(2)11-24(12-15(3)4)20-18(25(26)27)19(21-13-22-20)23-16(5)17-9-7-6-8-10-17/h6-10,13-16H,11-12H2,1-5H3,(H,21,22,23).